The number of rotatable bonds is 11. The van der Waals surface area contributed by atoms with Gasteiger partial charge in [0, 0.05) is 22.4 Å². The van der Waals surface area contributed by atoms with E-state index < -0.39 is 17.7 Å². The molecule has 4 rings (SSSR count). The number of thiol groups is 1. The third kappa shape index (κ3) is 6.79. The minimum atomic E-state index is -1.10. The summed E-state index contributed by atoms with van der Waals surface area (Å²) in [6, 6.07) is 18.2. The van der Waals surface area contributed by atoms with Gasteiger partial charge in [0.1, 0.15) is 11.5 Å². The largest absolute Gasteiger partial charge is 0.478 e. The molecule has 10 heteroatoms. The summed E-state index contributed by atoms with van der Waals surface area (Å²) in [7, 11) is 0. The van der Waals surface area contributed by atoms with Gasteiger partial charge in [-0.05, 0) is 54.3 Å². The number of carbonyl (C=O) groups excluding carboxylic acids is 1. The molecular weight excluding hydrogens is 541 g/mol. The molecule has 1 amide bonds. The predicted molar refractivity (Wildman–Crippen MR) is 152 cm³/mol. The molecule has 0 radical (unpaired) electrons. The van der Waals surface area contributed by atoms with E-state index in [9.17, 15) is 14.7 Å². The van der Waals surface area contributed by atoms with Crippen LogP contribution in [0.1, 0.15) is 38.9 Å². The van der Waals surface area contributed by atoms with Crippen LogP contribution < -0.4 is 10.1 Å². The molecule has 0 fully saturated rings. The fourth-order valence-electron chi connectivity index (χ4n) is 4.24. The summed E-state index contributed by atoms with van der Waals surface area (Å²) in [5.74, 6) is -1.66. The van der Waals surface area contributed by atoms with Crippen LogP contribution in [0.5, 0.6) is 6.01 Å². The first kappa shape index (κ1) is 28.2. The lowest BCUT2D eigenvalue weighted by molar-refractivity contribution is 0.0697. The van der Waals surface area contributed by atoms with Crippen molar-refractivity contribution in [2.24, 2.45) is 0 Å². The Hall–Kier alpha value is -3.82. The fraction of sp³-hybridized carbons (Fsp3) is 0.207. The van der Waals surface area contributed by atoms with Gasteiger partial charge in [0.05, 0.1) is 24.9 Å². The Morgan fingerprint density at radius 2 is 1.95 bits per heavy atom. The molecule has 7 nitrogen and oxygen atoms in total. The second-order valence-corrected chi connectivity index (χ2v) is 9.59. The highest BCUT2D eigenvalue weighted by Gasteiger charge is 2.22. The number of carboxylic acid groups (broad SMARTS) is 1. The molecule has 0 aliphatic heterocycles. The van der Waals surface area contributed by atoms with Gasteiger partial charge in [-0.15, -0.1) is 0 Å². The van der Waals surface area contributed by atoms with Crippen molar-refractivity contribution < 1.29 is 23.8 Å². The van der Waals surface area contributed by atoms with Gasteiger partial charge in [0.2, 0.25) is 0 Å². The minimum absolute atomic E-state index is 0.0232. The van der Waals surface area contributed by atoms with Gasteiger partial charge < -0.3 is 15.2 Å². The van der Waals surface area contributed by atoms with E-state index in [2.05, 4.69) is 22.9 Å². The summed E-state index contributed by atoms with van der Waals surface area (Å²) in [5.41, 5.74) is 2.36. The number of amides is 1. The van der Waals surface area contributed by atoms with Gasteiger partial charge in [-0.1, -0.05) is 54.1 Å². The molecule has 0 bridgehead atoms. The third-order valence-corrected chi connectivity index (χ3v) is 6.78. The Bertz CT molecular complexity index is 1490. The van der Waals surface area contributed by atoms with Crippen LogP contribution >= 0.6 is 24.2 Å². The number of carbonyl (C=O) groups is 2. The maximum atomic E-state index is 15.3. The maximum absolute atomic E-state index is 15.3. The Morgan fingerprint density at radius 3 is 2.64 bits per heavy atom. The Morgan fingerprint density at radius 1 is 1.15 bits per heavy atom. The molecule has 39 heavy (non-hydrogen) atoms. The number of halogens is 2. The smallest absolute Gasteiger partial charge is 0.336 e. The number of nitrogens with one attached hydrogen (secondary N) is 1. The van der Waals surface area contributed by atoms with E-state index >= 15 is 4.39 Å². The van der Waals surface area contributed by atoms with Crippen LogP contribution in [0.2, 0.25) is 5.02 Å². The number of hydrogen-bond donors (Lipinski definition) is 3. The number of ether oxygens (including phenoxy) is 1. The van der Waals surface area contributed by atoms with Gasteiger partial charge in [0.15, 0.2) is 0 Å². The van der Waals surface area contributed by atoms with Crippen LogP contribution in [-0.4, -0.2) is 44.9 Å². The first-order valence-corrected chi connectivity index (χ1v) is 13.3. The highest BCUT2D eigenvalue weighted by atomic mass is 35.5. The molecule has 3 aromatic carbocycles. The van der Waals surface area contributed by atoms with Crippen molar-refractivity contribution in [1.29, 1.82) is 0 Å². The summed E-state index contributed by atoms with van der Waals surface area (Å²) in [6.45, 7) is 2.07. The Labute approximate surface area is 236 Å². The van der Waals surface area contributed by atoms with Crippen molar-refractivity contribution in [3.05, 3.63) is 106 Å². The molecule has 202 valence electrons. The number of hydrogen-bond acceptors (Lipinski definition) is 5. The van der Waals surface area contributed by atoms with Crippen molar-refractivity contribution in [3.63, 3.8) is 0 Å². The SMILES string of the molecule is CCOc1ncc(C(=O)N[C@@H](CS)Cc2cccc(Cl)c2)n1Cc1ccc(-c2ccccc2C(=O)O)cc1F. The van der Waals surface area contributed by atoms with E-state index in [1.165, 1.54) is 22.9 Å². The first-order chi connectivity index (χ1) is 18.8. The predicted octanol–water partition coefficient (Wildman–Crippen LogP) is 5.76. The number of nitrogens with zero attached hydrogens (tertiary/aromatic N) is 2. The summed E-state index contributed by atoms with van der Waals surface area (Å²) in [5, 5.41) is 13.1. The van der Waals surface area contributed by atoms with Gasteiger partial charge in [0.25, 0.3) is 11.9 Å². The third-order valence-electron chi connectivity index (χ3n) is 6.10. The highest BCUT2D eigenvalue weighted by Crippen LogP contribution is 2.27. The number of carboxylic acids is 1. The molecular formula is C29H27ClFN3O4S. The summed E-state index contributed by atoms with van der Waals surface area (Å²) in [4.78, 5) is 29.1. The monoisotopic (exact) mass is 567 g/mol. The number of benzene rings is 3. The maximum Gasteiger partial charge on any atom is 0.336 e. The van der Waals surface area contributed by atoms with Crippen LogP contribution in [-0.2, 0) is 13.0 Å². The second-order valence-electron chi connectivity index (χ2n) is 8.79. The topological polar surface area (TPSA) is 93.5 Å². The lowest BCUT2D eigenvalue weighted by Crippen LogP contribution is -2.38. The molecule has 0 saturated heterocycles. The van der Waals surface area contributed by atoms with E-state index in [1.54, 1.807) is 43.3 Å². The van der Waals surface area contributed by atoms with Crippen molar-refractivity contribution in [2.75, 3.05) is 12.4 Å². The van der Waals surface area contributed by atoms with E-state index in [-0.39, 0.29) is 35.4 Å². The summed E-state index contributed by atoms with van der Waals surface area (Å²) in [6.07, 6.45) is 1.92. The van der Waals surface area contributed by atoms with Crippen LogP contribution in [0.25, 0.3) is 11.1 Å². The molecule has 1 aromatic heterocycles. The molecule has 1 heterocycles. The zero-order valence-electron chi connectivity index (χ0n) is 21.1. The molecule has 0 saturated carbocycles. The summed E-state index contributed by atoms with van der Waals surface area (Å²) >= 11 is 10.5. The van der Waals surface area contributed by atoms with Crippen LogP contribution in [0.4, 0.5) is 4.39 Å². The Balaban J connectivity index is 1.59. The highest BCUT2D eigenvalue weighted by molar-refractivity contribution is 7.80. The van der Waals surface area contributed by atoms with Gasteiger partial charge in [-0.25, -0.2) is 14.2 Å². The molecule has 0 aliphatic rings. The standard InChI is InChI=1S/C29H27ClFN3O4S/c1-2-38-29-32-15-26(27(35)33-22(17-39)13-18-6-5-7-21(30)12-18)34(29)16-20-11-10-19(14-25(20)31)23-8-3-4-9-24(23)28(36)37/h3-12,14-15,22,39H,2,13,16-17H2,1H3,(H,33,35)(H,36,37)/t22-/m1/s1. The molecule has 1 atom stereocenters. The molecule has 0 unspecified atom stereocenters. The Kier molecular flexibility index (Phi) is 9.27. The van der Waals surface area contributed by atoms with Crippen LogP contribution in [0.15, 0.2) is 72.9 Å². The fourth-order valence-corrected chi connectivity index (χ4v) is 4.67. The van der Waals surface area contributed by atoms with E-state index in [0.717, 1.165) is 5.56 Å². The number of aromatic carboxylic acids is 1. The molecule has 0 spiro atoms. The van der Waals surface area contributed by atoms with Crippen molar-refractivity contribution in [1.82, 2.24) is 14.9 Å². The lowest BCUT2D eigenvalue weighted by Gasteiger charge is -2.18. The molecule has 4 aromatic rings. The van der Waals surface area contributed by atoms with Crippen molar-refractivity contribution >= 4 is 36.1 Å². The number of aromatic nitrogens is 2. The normalized spacial score (nSPS) is 11.7. The molecule has 2 N–H and O–H groups in total. The van der Waals surface area contributed by atoms with Crippen molar-refractivity contribution in [3.8, 4) is 17.1 Å². The quantitative estimate of drug-likeness (QED) is 0.200. The van der Waals surface area contributed by atoms with Crippen molar-refractivity contribution in [2.45, 2.75) is 25.9 Å². The van der Waals surface area contributed by atoms with Gasteiger partial charge in [-0.3, -0.25) is 9.36 Å². The van der Waals surface area contributed by atoms with Crippen LogP contribution in [0.3, 0.4) is 0 Å². The average molecular weight is 568 g/mol. The summed E-state index contributed by atoms with van der Waals surface area (Å²) < 4.78 is 22.4. The van der Waals surface area contributed by atoms with E-state index in [1.807, 2.05) is 18.2 Å². The molecule has 0 aliphatic carbocycles. The second kappa shape index (κ2) is 12.8. The average Bonchev–Trinajstić information content (AvgIpc) is 3.31. The lowest BCUT2D eigenvalue weighted by atomic mass is 9.98. The van der Waals surface area contributed by atoms with Gasteiger partial charge in [-0.2, -0.15) is 12.6 Å². The van der Waals surface area contributed by atoms with E-state index in [4.69, 9.17) is 16.3 Å². The zero-order chi connectivity index (χ0) is 27.9. The minimum Gasteiger partial charge on any atom is -0.478 e. The number of imidazole rings is 1. The van der Waals surface area contributed by atoms with Gasteiger partial charge >= 0.3 is 5.97 Å². The first-order valence-electron chi connectivity index (χ1n) is 12.3. The van der Waals surface area contributed by atoms with Crippen LogP contribution in [0, 0.1) is 5.82 Å². The zero-order valence-corrected chi connectivity index (χ0v) is 22.8. The van der Waals surface area contributed by atoms with E-state index in [0.29, 0.717) is 34.9 Å².